The summed E-state index contributed by atoms with van der Waals surface area (Å²) in [5.41, 5.74) is 0.750. The van der Waals surface area contributed by atoms with Gasteiger partial charge in [0.15, 0.2) is 0 Å². The van der Waals surface area contributed by atoms with Crippen molar-refractivity contribution in [1.82, 2.24) is 14.6 Å². The van der Waals surface area contributed by atoms with E-state index in [4.69, 9.17) is 4.42 Å². The van der Waals surface area contributed by atoms with Crippen LogP contribution in [-0.2, 0) is 23.1 Å². The molecular formula is C13H19N3O3S2. The maximum atomic E-state index is 12.6. The van der Waals surface area contributed by atoms with E-state index in [1.807, 2.05) is 12.3 Å². The van der Waals surface area contributed by atoms with E-state index in [-0.39, 0.29) is 11.4 Å². The first-order chi connectivity index (χ1) is 9.84. The van der Waals surface area contributed by atoms with Gasteiger partial charge in [0.25, 0.3) is 0 Å². The van der Waals surface area contributed by atoms with Crippen LogP contribution in [0.25, 0.3) is 0 Å². The molecule has 0 aliphatic heterocycles. The van der Waals surface area contributed by atoms with Crippen LogP contribution >= 0.6 is 11.3 Å². The van der Waals surface area contributed by atoms with Crippen molar-refractivity contribution < 1.29 is 12.8 Å². The first-order valence-electron chi connectivity index (χ1n) is 6.46. The average Bonchev–Trinajstić information content (AvgIpc) is 2.96. The van der Waals surface area contributed by atoms with Crippen LogP contribution in [-0.4, -0.2) is 31.8 Å². The Hall–Kier alpha value is -1.22. The molecule has 2 heterocycles. The highest BCUT2D eigenvalue weighted by Crippen LogP contribution is 2.24. The largest absolute Gasteiger partial charge is 0.464 e. The molecule has 0 aliphatic carbocycles. The molecule has 116 valence electrons. The third kappa shape index (κ3) is 3.52. The molecule has 1 N–H and O–H groups in total. The Morgan fingerprint density at radius 3 is 2.71 bits per heavy atom. The number of thiazole rings is 1. The Balaban J connectivity index is 2.24. The lowest BCUT2D eigenvalue weighted by molar-refractivity contribution is 0.450. The summed E-state index contributed by atoms with van der Waals surface area (Å²) in [6.45, 7) is 4.30. The van der Waals surface area contributed by atoms with Crippen molar-refractivity contribution in [2.24, 2.45) is 0 Å². The summed E-state index contributed by atoms with van der Waals surface area (Å²) in [5, 5.41) is 5.73. The highest BCUT2D eigenvalue weighted by Gasteiger charge is 2.26. The number of hydrogen-bond acceptors (Lipinski definition) is 6. The molecule has 2 aromatic rings. The Morgan fingerprint density at radius 2 is 2.14 bits per heavy atom. The Labute approximate surface area is 128 Å². The van der Waals surface area contributed by atoms with E-state index in [0.717, 1.165) is 10.7 Å². The van der Waals surface area contributed by atoms with E-state index >= 15 is 0 Å². The minimum Gasteiger partial charge on any atom is -0.464 e. The van der Waals surface area contributed by atoms with Gasteiger partial charge in [0.2, 0.25) is 10.0 Å². The lowest BCUT2D eigenvalue weighted by Gasteiger charge is -2.15. The van der Waals surface area contributed by atoms with Crippen LogP contribution in [0.2, 0.25) is 0 Å². The number of aryl methyl sites for hydroxylation is 2. The topological polar surface area (TPSA) is 75.4 Å². The number of aromatic nitrogens is 1. The number of nitrogens with one attached hydrogen (secondary N) is 1. The van der Waals surface area contributed by atoms with Gasteiger partial charge in [-0.05, 0) is 20.9 Å². The lowest BCUT2D eigenvalue weighted by atomic mass is 10.4. The first kappa shape index (κ1) is 16.2. The van der Waals surface area contributed by atoms with Crippen molar-refractivity contribution in [2.45, 2.75) is 31.8 Å². The van der Waals surface area contributed by atoms with Gasteiger partial charge in [-0.25, -0.2) is 13.4 Å². The fourth-order valence-corrected chi connectivity index (χ4v) is 3.93. The SMILES string of the molecule is CNCc1cc(S(=O)(=O)N(C)Cc2csc(C)n2)c(C)o1. The smallest absolute Gasteiger partial charge is 0.246 e. The summed E-state index contributed by atoms with van der Waals surface area (Å²) < 4.78 is 32.0. The van der Waals surface area contributed by atoms with Crippen molar-refractivity contribution in [3.05, 3.63) is 33.7 Å². The number of rotatable bonds is 6. The standard InChI is InChI=1S/C13H19N3O3S2/c1-9-13(5-12(19-9)6-14-3)21(17,18)16(4)7-11-8-20-10(2)15-11/h5,8,14H,6-7H2,1-4H3. The van der Waals surface area contributed by atoms with Gasteiger partial charge in [0.1, 0.15) is 16.4 Å². The summed E-state index contributed by atoms with van der Waals surface area (Å²) in [6.07, 6.45) is 0. The van der Waals surface area contributed by atoms with Gasteiger partial charge in [-0.3, -0.25) is 0 Å². The molecule has 0 spiro atoms. The Bertz CT molecular complexity index is 719. The van der Waals surface area contributed by atoms with Crippen molar-refractivity contribution in [3.8, 4) is 0 Å². The highest BCUT2D eigenvalue weighted by molar-refractivity contribution is 7.89. The molecule has 2 rings (SSSR count). The Morgan fingerprint density at radius 1 is 1.43 bits per heavy atom. The van der Waals surface area contributed by atoms with E-state index in [1.165, 1.54) is 15.6 Å². The molecule has 0 unspecified atom stereocenters. The van der Waals surface area contributed by atoms with Gasteiger partial charge < -0.3 is 9.73 Å². The van der Waals surface area contributed by atoms with Crippen LogP contribution in [0.5, 0.6) is 0 Å². The normalized spacial score (nSPS) is 12.2. The number of nitrogens with zero attached hydrogens (tertiary/aromatic N) is 2. The minimum absolute atomic E-state index is 0.210. The first-order valence-corrected chi connectivity index (χ1v) is 8.78. The van der Waals surface area contributed by atoms with Crippen LogP contribution in [0.1, 0.15) is 22.2 Å². The second-order valence-corrected chi connectivity index (χ2v) is 7.86. The molecule has 0 saturated heterocycles. The van der Waals surface area contributed by atoms with Gasteiger partial charge >= 0.3 is 0 Å². The van der Waals surface area contributed by atoms with Crippen LogP contribution in [0.3, 0.4) is 0 Å². The molecule has 0 saturated carbocycles. The van der Waals surface area contributed by atoms with Gasteiger partial charge in [-0.15, -0.1) is 11.3 Å². The van der Waals surface area contributed by atoms with Crippen molar-refractivity contribution in [3.63, 3.8) is 0 Å². The number of furan rings is 1. The number of hydrogen-bond donors (Lipinski definition) is 1. The van der Waals surface area contributed by atoms with E-state index in [2.05, 4.69) is 10.3 Å². The fourth-order valence-electron chi connectivity index (χ4n) is 2.00. The summed E-state index contributed by atoms with van der Waals surface area (Å²) in [6, 6.07) is 1.57. The maximum absolute atomic E-state index is 12.6. The lowest BCUT2D eigenvalue weighted by Crippen LogP contribution is -2.26. The fraction of sp³-hybridized carbons (Fsp3) is 0.462. The molecule has 21 heavy (non-hydrogen) atoms. The maximum Gasteiger partial charge on any atom is 0.246 e. The quantitative estimate of drug-likeness (QED) is 0.876. The minimum atomic E-state index is -3.58. The van der Waals surface area contributed by atoms with Gasteiger partial charge in [-0.1, -0.05) is 0 Å². The zero-order valence-corrected chi connectivity index (χ0v) is 14.1. The van der Waals surface area contributed by atoms with Gasteiger partial charge in [0, 0.05) is 18.5 Å². The molecule has 0 radical (unpaired) electrons. The molecule has 0 bridgehead atoms. The highest BCUT2D eigenvalue weighted by atomic mass is 32.2. The van der Waals surface area contributed by atoms with Crippen molar-refractivity contribution >= 4 is 21.4 Å². The summed E-state index contributed by atoms with van der Waals surface area (Å²) in [4.78, 5) is 4.50. The molecule has 0 aromatic carbocycles. The summed E-state index contributed by atoms with van der Waals surface area (Å²) >= 11 is 1.51. The second kappa shape index (κ2) is 6.27. The van der Waals surface area contributed by atoms with Crippen LogP contribution in [0, 0.1) is 13.8 Å². The number of sulfonamides is 1. The molecule has 0 atom stereocenters. The third-order valence-electron chi connectivity index (χ3n) is 3.01. The average molecular weight is 329 g/mol. The molecule has 6 nitrogen and oxygen atoms in total. The summed E-state index contributed by atoms with van der Waals surface area (Å²) in [7, 11) is -0.249. The van der Waals surface area contributed by atoms with Crippen molar-refractivity contribution in [1.29, 1.82) is 0 Å². The zero-order chi connectivity index (χ0) is 15.6. The molecular weight excluding hydrogens is 310 g/mol. The predicted octanol–water partition coefficient (Wildman–Crippen LogP) is 1.89. The molecule has 0 amide bonds. The van der Waals surface area contributed by atoms with E-state index in [1.54, 1.807) is 27.1 Å². The van der Waals surface area contributed by atoms with E-state index in [9.17, 15) is 8.42 Å². The summed E-state index contributed by atoms with van der Waals surface area (Å²) in [5.74, 6) is 1.01. The molecule has 8 heteroatoms. The van der Waals surface area contributed by atoms with Crippen LogP contribution < -0.4 is 5.32 Å². The van der Waals surface area contributed by atoms with E-state index < -0.39 is 10.0 Å². The zero-order valence-electron chi connectivity index (χ0n) is 12.5. The van der Waals surface area contributed by atoms with E-state index in [0.29, 0.717) is 18.1 Å². The third-order valence-corrected chi connectivity index (χ3v) is 5.75. The van der Waals surface area contributed by atoms with Gasteiger partial charge in [0.05, 0.1) is 23.8 Å². The predicted molar refractivity (Wildman–Crippen MR) is 81.7 cm³/mol. The molecule has 0 fully saturated rings. The molecule has 0 aliphatic rings. The monoisotopic (exact) mass is 329 g/mol. The van der Waals surface area contributed by atoms with Crippen LogP contribution in [0.4, 0.5) is 0 Å². The van der Waals surface area contributed by atoms with Gasteiger partial charge in [-0.2, -0.15) is 4.31 Å². The van der Waals surface area contributed by atoms with Crippen molar-refractivity contribution in [2.75, 3.05) is 14.1 Å². The second-order valence-electron chi connectivity index (χ2n) is 4.78. The molecule has 2 aromatic heterocycles. The Kier molecular flexibility index (Phi) is 4.82. The van der Waals surface area contributed by atoms with Crippen LogP contribution in [0.15, 0.2) is 20.8 Å².